The Labute approximate surface area is 246 Å². The lowest BCUT2D eigenvalue weighted by atomic mass is 10.0. The van der Waals surface area contributed by atoms with Crippen LogP contribution in [0.5, 0.6) is 17.2 Å². The molecule has 5 rings (SSSR count). The van der Waals surface area contributed by atoms with E-state index >= 15 is 0 Å². The number of aromatic nitrogens is 2. The SMILES string of the molecule is COc1ccc2cc1OCC(=O)N[C@@H]1CN(C(=O)Cc3c(C)nc(C)[nH]c3=O)CC[C@@H]1Oc1cc(F)cc(c1)CNC2=O. The molecular weight excluding hydrogens is 561 g/mol. The lowest BCUT2D eigenvalue weighted by Crippen LogP contribution is -2.59. The first-order valence-electron chi connectivity index (χ1n) is 13.8. The maximum atomic E-state index is 14.6. The summed E-state index contributed by atoms with van der Waals surface area (Å²) < 4.78 is 31.8. The highest BCUT2D eigenvalue weighted by atomic mass is 19.1. The molecule has 226 valence electrons. The Morgan fingerprint density at radius 1 is 1.16 bits per heavy atom. The predicted octanol–water partition coefficient (Wildman–Crippen LogP) is 1.56. The molecule has 43 heavy (non-hydrogen) atoms. The number of methoxy groups -OCH3 is 1. The topological polar surface area (TPSA) is 152 Å². The Bertz CT molecular complexity index is 1620. The van der Waals surface area contributed by atoms with Crippen LogP contribution < -0.4 is 30.4 Å². The molecule has 12 nitrogen and oxygen atoms in total. The summed E-state index contributed by atoms with van der Waals surface area (Å²) in [4.78, 5) is 60.1. The van der Waals surface area contributed by atoms with Gasteiger partial charge in [0.15, 0.2) is 18.1 Å². The molecule has 2 aliphatic rings. The number of halogens is 1. The molecule has 4 bridgehead atoms. The minimum Gasteiger partial charge on any atom is -0.493 e. The van der Waals surface area contributed by atoms with E-state index in [1.807, 2.05) is 0 Å². The van der Waals surface area contributed by atoms with Crippen LogP contribution in [0.4, 0.5) is 4.39 Å². The maximum absolute atomic E-state index is 14.6. The van der Waals surface area contributed by atoms with Gasteiger partial charge < -0.3 is 34.7 Å². The van der Waals surface area contributed by atoms with E-state index in [1.54, 1.807) is 36.9 Å². The van der Waals surface area contributed by atoms with Gasteiger partial charge in [0.25, 0.3) is 17.4 Å². The average Bonchev–Trinajstić information content (AvgIpc) is 2.96. The summed E-state index contributed by atoms with van der Waals surface area (Å²) in [6.45, 7) is 3.34. The zero-order valence-electron chi connectivity index (χ0n) is 24.0. The highest BCUT2D eigenvalue weighted by Gasteiger charge is 2.35. The van der Waals surface area contributed by atoms with Gasteiger partial charge in [0.2, 0.25) is 5.91 Å². The quantitative estimate of drug-likeness (QED) is 0.414. The number of nitrogens with one attached hydrogen (secondary N) is 3. The normalized spacial score (nSPS) is 18.8. The number of nitrogens with zero attached hydrogens (tertiary/aromatic N) is 2. The molecule has 0 unspecified atom stereocenters. The first-order valence-corrected chi connectivity index (χ1v) is 13.8. The Balaban J connectivity index is 1.41. The van der Waals surface area contributed by atoms with Crippen molar-refractivity contribution in [2.45, 2.75) is 45.4 Å². The number of H-pyrrole nitrogens is 1. The minimum absolute atomic E-state index is 0.0364. The van der Waals surface area contributed by atoms with Gasteiger partial charge >= 0.3 is 0 Å². The molecule has 1 fully saturated rings. The number of fused-ring (bicyclic) bond motifs is 5. The Kier molecular flexibility index (Phi) is 8.60. The summed E-state index contributed by atoms with van der Waals surface area (Å²) in [5.41, 5.74) is 1.11. The molecule has 13 heteroatoms. The lowest BCUT2D eigenvalue weighted by Gasteiger charge is -2.39. The standard InChI is InChI=1S/C30H32FN5O7/c1-16-22(30(40)34-17(2)33-16)12-28(38)36-7-6-24-23(14-36)35-27(37)15-42-26-10-19(4-5-25(26)41-3)29(39)32-13-18-8-20(31)11-21(9-18)43-24/h4-5,8-11,23-24H,6-7,12-15H2,1-3H3,(H,32,39)(H,35,37)(H,33,34,40)/t23-,24+/m1/s1. The van der Waals surface area contributed by atoms with E-state index in [0.717, 1.165) is 0 Å². The van der Waals surface area contributed by atoms with Crippen LogP contribution in [0.2, 0.25) is 0 Å². The monoisotopic (exact) mass is 593 g/mol. The summed E-state index contributed by atoms with van der Waals surface area (Å²) in [5.74, 6) is -0.601. The third-order valence-corrected chi connectivity index (χ3v) is 7.37. The number of ether oxygens (including phenoxy) is 3. The highest BCUT2D eigenvalue weighted by molar-refractivity contribution is 5.95. The Morgan fingerprint density at radius 3 is 2.74 bits per heavy atom. The van der Waals surface area contributed by atoms with Crippen molar-refractivity contribution in [3.63, 3.8) is 0 Å². The number of carbonyl (C=O) groups is 3. The molecule has 3 amide bonds. The van der Waals surface area contributed by atoms with Crippen LogP contribution in [-0.4, -0.2) is 71.5 Å². The number of carbonyl (C=O) groups excluding carboxylic acids is 3. The van der Waals surface area contributed by atoms with Crippen molar-refractivity contribution >= 4 is 17.7 Å². The lowest BCUT2D eigenvalue weighted by molar-refractivity contribution is -0.135. The number of piperidine rings is 1. The number of aryl methyl sites for hydroxylation is 2. The van der Waals surface area contributed by atoms with E-state index in [1.165, 1.54) is 25.3 Å². The van der Waals surface area contributed by atoms with Crippen LogP contribution in [0.15, 0.2) is 41.2 Å². The zero-order chi connectivity index (χ0) is 30.7. The third-order valence-electron chi connectivity index (χ3n) is 7.37. The summed E-state index contributed by atoms with van der Waals surface area (Å²) in [5, 5.41) is 5.63. The summed E-state index contributed by atoms with van der Waals surface area (Å²) in [6, 6.07) is 8.01. The van der Waals surface area contributed by atoms with Crippen LogP contribution in [0.25, 0.3) is 0 Å². The van der Waals surface area contributed by atoms with Gasteiger partial charge in [-0.05, 0) is 49.7 Å². The second-order valence-corrected chi connectivity index (χ2v) is 10.5. The zero-order valence-corrected chi connectivity index (χ0v) is 24.0. The van der Waals surface area contributed by atoms with Crippen molar-refractivity contribution in [2.24, 2.45) is 0 Å². The van der Waals surface area contributed by atoms with Crippen molar-refractivity contribution in [1.29, 1.82) is 0 Å². The maximum Gasteiger partial charge on any atom is 0.258 e. The van der Waals surface area contributed by atoms with E-state index in [-0.39, 0.29) is 60.1 Å². The van der Waals surface area contributed by atoms with Gasteiger partial charge in [-0.2, -0.15) is 0 Å². The first-order chi connectivity index (χ1) is 20.6. The van der Waals surface area contributed by atoms with Crippen LogP contribution >= 0.6 is 0 Å². The molecule has 2 atom stereocenters. The van der Waals surface area contributed by atoms with Gasteiger partial charge in [-0.1, -0.05) is 0 Å². The van der Waals surface area contributed by atoms with Gasteiger partial charge in [0.1, 0.15) is 23.5 Å². The van der Waals surface area contributed by atoms with Gasteiger partial charge in [0, 0.05) is 48.9 Å². The van der Waals surface area contributed by atoms with Crippen LogP contribution in [0.1, 0.15) is 39.4 Å². The van der Waals surface area contributed by atoms with E-state index < -0.39 is 36.4 Å². The molecule has 3 aromatic rings. The van der Waals surface area contributed by atoms with Gasteiger partial charge in [-0.15, -0.1) is 0 Å². The van der Waals surface area contributed by atoms with E-state index in [2.05, 4.69) is 20.6 Å². The number of amides is 3. The smallest absolute Gasteiger partial charge is 0.258 e. The molecule has 2 aromatic carbocycles. The van der Waals surface area contributed by atoms with Crippen LogP contribution in [0.3, 0.4) is 0 Å². The van der Waals surface area contributed by atoms with Crippen LogP contribution in [0, 0.1) is 19.7 Å². The van der Waals surface area contributed by atoms with Crippen molar-refractivity contribution in [1.82, 2.24) is 25.5 Å². The molecule has 0 radical (unpaired) electrons. The number of hydrogen-bond donors (Lipinski definition) is 3. The van der Waals surface area contributed by atoms with Crippen molar-refractivity contribution < 1.29 is 33.0 Å². The average molecular weight is 594 g/mol. The Hall–Kier alpha value is -4.94. The van der Waals surface area contributed by atoms with Crippen molar-refractivity contribution in [3.05, 3.63) is 80.8 Å². The molecule has 2 aliphatic heterocycles. The van der Waals surface area contributed by atoms with Crippen molar-refractivity contribution in [2.75, 3.05) is 26.8 Å². The van der Waals surface area contributed by atoms with Gasteiger partial charge in [-0.3, -0.25) is 19.2 Å². The fraction of sp³-hybridized carbons (Fsp3) is 0.367. The molecular formula is C30H32FN5O7. The molecule has 3 heterocycles. The third kappa shape index (κ3) is 6.93. The molecule has 0 saturated carbocycles. The molecule has 1 saturated heterocycles. The van der Waals surface area contributed by atoms with Crippen molar-refractivity contribution in [3.8, 4) is 17.2 Å². The van der Waals surface area contributed by atoms with Gasteiger partial charge in [0.05, 0.1) is 19.6 Å². The summed E-state index contributed by atoms with van der Waals surface area (Å²) in [7, 11) is 1.44. The number of rotatable bonds is 3. The first kappa shape index (κ1) is 29.5. The molecule has 3 N–H and O–H groups in total. The fourth-order valence-electron chi connectivity index (χ4n) is 5.23. The predicted molar refractivity (Wildman–Crippen MR) is 152 cm³/mol. The number of benzene rings is 2. The molecule has 0 aliphatic carbocycles. The van der Waals surface area contributed by atoms with E-state index in [0.29, 0.717) is 29.3 Å². The second kappa shape index (κ2) is 12.5. The number of hydrogen-bond acceptors (Lipinski definition) is 8. The van der Waals surface area contributed by atoms with Crippen LogP contribution in [-0.2, 0) is 22.6 Å². The summed E-state index contributed by atoms with van der Waals surface area (Å²) in [6.07, 6.45) is -0.453. The summed E-state index contributed by atoms with van der Waals surface area (Å²) >= 11 is 0. The van der Waals surface area contributed by atoms with E-state index in [4.69, 9.17) is 14.2 Å². The number of likely N-dealkylation sites (tertiary alicyclic amines) is 1. The van der Waals surface area contributed by atoms with E-state index in [9.17, 15) is 23.6 Å². The number of aromatic amines is 1. The Morgan fingerprint density at radius 2 is 1.98 bits per heavy atom. The highest BCUT2D eigenvalue weighted by Crippen LogP contribution is 2.29. The largest absolute Gasteiger partial charge is 0.493 e. The molecule has 1 aromatic heterocycles. The fourth-order valence-corrected chi connectivity index (χ4v) is 5.23. The second-order valence-electron chi connectivity index (χ2n) is 10.5. The molecule has 0 spiro atoms. The minimum atomic E-state index is -0.683. The van der Waals surface area contributed by atoms with Gasteiger partial charge in [-0.25, -0.2) is 9.37 Å².